The molecule has 3 N–H and O–H groups in total. The number of hydrogen-bond acceptors (Lipinski definition) is 7. The summed E-state index contributed by atoms with van der Waals surface area (Å²) in [5.41, 5.74) is 3.87. The quantitative estimate of drug-likeness (QED) is 0.123. The van der Waals surface area contributed by atoms with E-state index in [0.29, 0.717) is 29.3 Å². The van der Waals surface area contributed by atoms with Crippen LogP contribution in [-0.4, -0.2) is 30.1 Å². The lowest BCUT2D eigenvalue weighted by atomic mass is 10.0. The molecule has 0 aromatic heterocycles. The van der Waals surface area contributed by atoms with Crippen molar-refractivity contribution >= 4 is 29.2 Å². The van der Waals surface area contributed by atoms with Gasteiger partial charge in [-0.2, -0.15) is 0 Å². The molecule has 0 radical (unpaired) electrons. The summed E-state index contributed by atoms with van der Waals surface area (Å²) < 4.78 is 24.4. The number of nitrogens with one attached hydrogen (secondary N) is 2. The fraction of sp³-hybridized carbons (Fsp3) is 0.184. The molecule has 47 heavy (non-hydrogen) atoms. The first-order valence-corrected chi connectivity index (χ1v) is 16.3. The van der Waals surface area contributed by atoms with Crippen molar-refractivity contribution in [1.82, 2.24) is 0 Å². The van der Waals surface area contributed by atoms with Gasteiger partial charge in [0, 0.05) is 34.0 Å². The van der Waals surface area contributed by atoms with Gasteiger partial charge in [0.05, 0.1) is 25.9 Å². The van der Waals surface area contributed by atoms with Gasteiger partial charge in [0.1, 0.15) is 17.2 Å². The zero-order valence-electron chi connectivity index (χ0n) is 25.9. The number of urea groups is 1. The van der Waals surface area contributed by atoms with E-state index >= 15 is 0 Å². The SMILES string of the molecule is COc1ccccc1SC[C@H]1C[C@@H](c2ccc(CO)cc2)O[C@@H](c2cccc(NC(=O)Nc3ccc(Oc4ccccc4)cc3)c2)O1. The van der Waals surface area contributed by atoms with Crippen LogP contribution in [0.3, 0.4) is 0 Å². The van der Waals surface area contributed by atoms with Crippen LogP contribution in [0.15, 0.2) is 132 Å². The number of benzene rings is 5. The fourth-order valence-corrected chi connectivity index (χ4v) is 6.28. The Balaban J connectivity index is 1.13. The third-order valence-electron chi connectivity index (χ3n) is 7.62. The second-order valence-electron chi connectivity index (χ2n) is 11.0. The molecule has 9 heteroatoms. The Labute approximate surface area is 278 Å². The van der Waals surface area contributed by atoms with Crippen LogP contribution in [0.25, 0.3) is 0 Å². The second kappa shape index (κ2) is 15.7. The fourth-order valence-electron chi connectivity index (χ4n) is 5.23. The average molecular weight is 649 g/mol. The largest absolute Gasteiger partial charge is 0.496 e. The number of ether oxygens (including phenoxy) is 4. The second-order valence-corrected chi connectivity index (χ2v) is 12.0. The Bertz CT molecular complexity index is 1750. The molecule has 240 valence electrons. The molecule has 0 saturated carbocycles. The molecular weight excluding hydrogens is 612 g/mol. The molecule has 0 unspecified atom stereocenters. The summed E-state index contributed by atoms with van der Waals surface area (Å²) in [6.07, 6.45) is -0.345. The number of carbonyl (C=O) groups is 1. The molecular formula is C38H36N2O6S. The maximum absolute atomic E-state index is 12.9. The third-order valence-corrected chi connectivity index (χ3v) is 8.80. The van der Waals surface area contributed by atoms with Crippen LogP contribution in [0, 0.1) is 0 Å². The van der Waals surface area contributed by atoms with Gasteiger partial charge < -0.3 is 34.7 Å². The normalized spacial score (nSPS) is 17.4. The average Bonchev–Trinajstić information content (AvgIpc) is 3.12. The lowest BCUT2D eigenvalue weighted by Crippen LogP contribution is -2.31. The summed E-state index contributed by atoms with van der Waals surface area (Å²) in [7, 11) is 1.67. The predicted molar refractivity (Wildman–Crippen MR) is 184 cm³/mol. The summed E-state index contributed by atoms with van der Waals surface area (Å²) in [6, 6.07) is 39.5. The summed E-state index contributed by atoms with van der Waals surface area (Å²) in [6.45, 7) is -0.0168. The van der Waals surface area contributed by atoms with Crippen molar-refractivity contribution < 1.29 is 28.8 Å². The van der Waals surface area contributed by atoms with Crippen molar-refractivity contribution in [2.24, 2.45) is 0 Å². The van der Waals surface area contributed by atoms with E-state index in [2.05, 4.69) is 10.6 Å². The monoisotopic (exact) mass is 648 g/mol. The van der Waals surface area contributed by atoms with E-state index in [-0.39, 0.29) is 24.8 Å². The van der Waals surface area contributed by atoms with Crippen molar-refractivity contribution in [3.05, 3.63) is 144 Å². The van der Waals surface area contributed by atoms with E-state index in [1.54, 1.807) is 43.1 Å². The highest BCUT2D eigenvalue weighted by Gasteiger charge is 2.32. The Kier molecular flexibility index (Phi) is 10.7. The molecule has 0 aliphatic carbocycles. The van der Waals surface area contributed by atoms with Gasteiger partial charge in [-0.15, -0.1) is 11.8 Å². The summed E-state index contributed by atoms with van der Waals surface area (Å²) in [5, 5.41) is 15.3. The van der Waals surface area contributed by atoms with Gasteiger partial charge in [-0.3, -0.25) is 0 Å². The highest BCUT2D eigenvalue weighted by molar-refractivity contribution is 7.99. The van der Waals surface area contributed by atoms with E-state index in [1.807, 2.05) is 103 Å². The van der Waals surface area contributed by atoms with E-state index < -0.39 is 6.29 Å². The van der Waals surface area contributed by atoms with Gasteiger partial charge in [0.2, 0.25) is 0 Å². The first-order valence-electron chi connectivity index (χ1n) is 15.3. The molecule has 3 atom stereocenters. The number of amides is 2. The first-order chi connectivity index (χ1) is 23.1. The zero-order valence-corrected chi connectivity index (χ0v) is 26.7. The number of para-hydroxylation sites is 2. The van der Waals surface area contributed by atoms with E-state index in [1.165, 1.54) is 0 Å². The smallest absolute Gasteiger partial charge is 0.323 e. The van der Waals surface area contributed by atoms with Crippen LogP contribution in [0.5, 0.6) is 17.2 Å². The minimum atomic E-state index is -0.656. The van der Waals surface area contributed by atoms with Gasteiger partial charge in [-0.1, -0.05) is 66.7 Å². The number of methoxy groups -OCH3 is 1. The van der Waals surface area contributed by atoms with Crippen molar-refractivity contribution in [2.75, 3.05) is 23.5 Å². The van der Waals surface area contributed by atoms with E-state index in [4.69, 9.17) is 18.9 Å². The standard InChI is InChI=1S/C38H36N2O6S/c1-43-34-12-5-6-13-36(34)47-25-33-23-35(27-16-14-26(24-41)15-17-27)46-37(45-33)28-8-7-9-30(22-28)40-38(42)39-29-18-20-32(21-19-29)44-31-10-3-2-4-11-31/h2-22,33,35,37,41H,23-25H2,1H3,(H2,39,40,42)/t33-,35+,37+/m1/s1. The minimum absolute atomic E-state index is 0.0168. The molecule has 1 fully saturated rings. The third kappa shape index (κ3) is 8.72. The van der Waals surface area contributed by atoms with Gasteiger partial charge in [0.15, 0.2) is 6.29 Å². The van der Waals surface area contributed by atoms with Gasteiger partial charge in [-0.05, 0) is 71.8 Å². The van der Waals surface area contributed by atoms with E-state index in [0.717, 1.165) is 33.1 Å². The predicted octanol–water partition coefficient (Wildman–Crippen LogP) is 8.96. The number of aliphatic hydroxyl groups is 1. The number of aliphatic hydroxyl groups excluding tert-OH is 1. The molecule has 1 heterocycles. The van der Waals surface area contributed by atoms with Gasteiger partial charge in [-0.25, -0.2) is 4.79 Å². The maximum atomic E-state index is 12.9. The van der Waals surface area contributed by atoms with Crippen LogP contribution in [0.2, 0.25) is 0 Å². The number of carbonyl (C=O) groups excluding carboxylic acids is 1. The molecule has 2 amide bonds. The molecule has 5 aromatic carbocycles. The molecule has 0 bridgehead atoms. The molecule has 6 rings (SSSR count). The van der Waals surface area contributed by atoms with Crippen molar-refractivity contribution in [1.29, 1.82) is 0 Å². The van der Waals surface area contributed by atoms with E-state index in [9.17, 15) is 9.90 Å². The number of anilines is 2. The number of hydrogen-bond donors (Lipinski definition) is 3. The van der Waals surface area contributed by atoms with Crippen LogP contribution >= 0.6 is 11.8 Å². The molecule has 1 saturated heterocycles. The summed E-state index contributed by atoms with van der Waals surface area (Å²) in [5.74, 6) is 2.93. The van der Waals surface area contributed by atoms with Crippen LogP contribution in [-0.2, 0) is 16.1 Å². The van der Waals surface area contributed by atoms with Crippen molar-refractivity contribution in [3.63, 3.8) is 0 Å². The highest BCUT2D eigenvalue weighted by atomic mass is 32.2. The molecule has 1 aliphatic rings. The summed E-state index contributed by atoms with van der Waals surface area (Å²) in [4.78, 5) is 14.0. The lowest BCUT2D eigenvalue weighted by Gasteiger charge is -2.36. The minimum Gasteiger partial charge on any atom is -0.496 e. The number of thioether (sulfide) groups is 1. The summed E-state index contributed by atoms with van der Waals surface area (Å²) >= 11 is 1.68. The Morgan fingerprint density at radius 2 is 1.51 bits per heavy atom. The highest BCUT2D eigenvalue weighted by Crippen LogP contribution is 2.41. The molecule has 1 aliphatic heterocycles. The molecule has 0 spiro atoms. The van der Waals surface area contributed by atoms with Gasteiger partial charge >= 0.3 is 6.03 Å². The van der Waals surface area contributed by atoms with Crippen LogP contribution in [0.4, 0.5) is 16.2 Å². The Hall–Kier alpha value is -4.80. The Morgan fingerprint density at radius 1 is 0.787 bits per heavy atom. The van der Waals surface area contributed by atoms with Crippen LogP contribution < -0.4 is 20.1 Å². The van der Waals surface area contributed by atoms with Gasteiger partial charge in [0.25, 0.3) is 0 Å². The van der Waals surface area contributed by atoms with Crippen molar-refractivity contribution in [3.8, 4) is 17.2 Å². The number of rotatable bonds is 11. The maximum Gasteiger partial charge on any atom is 0.323 e. The topological polar surface area (TPSA) is 98.3 Å². The zero-order chi connectivity index (χ0) is 32.4. The first kappa shape index (κ1) is 32.2. The van der Waals surface area contributed by atoms with Crippen molar-refractivity contribution in [2.45, 2.75) is 36.4 Å². The lowest BCUT2D eigenvalue weighted by molar-refractivity contribution is -0.245. The molecule has 8 nitrogen and oxygen atoms in total. The Morgan fingerprint density at radius 3 is 2.28 bits per heavy atom. The van der Waals surface area contributed by atoms with Crippen LogP contribution in [0.1, 0.15) is 35.5 Å². The molecule has 5 aromatic rings.